The summed E-state index contributed by atoms with van der Waals surface area (Å²) in [5, 5.41) is 13.2. The minimum Gasteiger partial charge on any atom is -0.505 e. The van der Waals surface area contributed by atoms with Crippen LogP contribution in [0.4, 0.5) is 29.3 Å². The number of nitrogens with one attached hydrogen (secondary N) is 2. The van der Waals surface area contributed by atoms with Crippen LogP contribution in [0.5, 0.6) is 5.75 Å². The molecule has 24 heavy (non-hydrogen) atoms. The van der Waals surface area contributed by atoms with Gasteiger partial charge in [-0.15, -0.1) is 0 Å². The number of hydrogen-bond acceptors (Lipinski definition) is 2. The molecule has 128 valence electrons. The molecule has 0 spiro atoms. The Morgan fingerprint density at radius 2 is 1.58 bits per heavy atom. The quantitative estimate of drug-likeness (QED) is 0.541. The first-order valence-electron chi connectivity index (χ1n) is 6.21. The van der Waals surface area contributed by atoms with E-state index < -0.39 is 23.5 Å². The highest BCUT2D eigenvalue weighted by molar-refractivity contribution is 6.37. The highest BCUT2D eigenvalue weighted by Crippen LogP contribution is 2.39. The number of benzene rings is 2. The number of para-hydroxylation sites is 1. The minimum atomic E-state index is -4.70. The lowest BCUT2D eigenvalue weighted by Crippen LogP contribution is -2.22. The maximum Gasteiger partial charge on any atom is 0.418 e. The molecule has 2 amide bonds. The van der Waals surface area contributed by atoms with Crippen molar-refractivity contribution in [2.75, 3.05) is 10.6 Å². The molecule has 10 heteroatoms. The Labute approximate surface area is 149 Å². The number of anilines is 2. The number of phenols is 1. The van der Waals surface area contributed by atoms with E-state index in [0.29, 0.717) is 0 Å². The number of amides is 2. The van der Waals surface area contributed by atoms with E-state index in [2.05, 4.69) is 5.32 Å². The number of hydrogen-bond donors (Lipinski definition) is 3. The third-order valence-electron chi connectivity index (χ3n) is 2.83. The topological polar surface area (TPSA) is 61.4 Å². The maximum absolute atomic E-state index is 13.0. The van der Waals surface area contributed by atoms with Crippen molar-refractivity contribution >= 4 is 52.2 Å². The van der Waals surface area contributed by atoms with Crippen molar-refractivity contribution in [2.24, 2.45) is 0 Å². The molecule has 0 fully saturated rings. The first-order valence-corrected chi connectivity index (χ1v) is 7.34. The largest absolute Gasteiger partial charge is 0.505 e. The monoisotopic (exact) mass is 398 g/mol. The van der Waals surface area contributed by atoms with E-state index in [1.165, 1.54) is 18.2 Å². The molecule has 0 saturated heterocycles. The van der Waals surface area contributed by atoms with Gasteiger partial charge in [0.15, 0.2) is 5.75 Å². The second kappa shape index (κ2) is 6.96. The van der Waals surface area contributed by atoms with Crippen molar-refractivity contribution in [1.82, 2.24) is 0 Å². The summed E-state index contributed by atoms with van der Waals surface area (Å²) in [5.41, 5.74) is -1.60. The summed E-state index contributed by atoms with van der Waals surface area (Å²) in [6.07, 6.45) is -4.70. The van der Waals surface area contributed by atoms with Gasteiger partial charge in [-0.2, -0.15) is 13.2 Å². The van der Waals surface area contributed by atoms with E-state index in [0.717, 1.165) is 12.1 Å². The molecule has 0 aliphatic heterocycles. The van der Waals surface area contributed by atoms with Gasteiger partial charge in [0.25, 0.3) is 0 Å². The summed E-state index contributed by atoms with van der Waals surface area (Å²) >= 11 is 17.1. The summed E-state index contributed by atoms with van der Waals surface area (Å²) in [5.74, 6) is -0.380. The number of aromatic hydroxyl groups is 1. The third kappa shape index (κ3) is 4.17. The number of phenolic OH excluding ortho intramolecular Hbond substituents is 1. The predicted molar refractivity (Wildman–Crippen MR) is 87.2 cm³/mol. The Bertz CT molecular complexity index is 774. The predicted octanol–water partition coefficient (Wildman–Crippen LogP) is 6.02. The maximum atomic E-state index is 13.0. The van der Waals surface area contributed by atoms with Gasteiger partial charge in [-0.25, -0.2) is 4.79 Å². The average Bonchev–Trinajstić information content (AvgIpc) is 2.45. The lowest BCUT2D eigenvalue weighted by atomic mass is 10.1. The smallest absolute Gasteiger partial charge is 0.418 e. The molecule has 0 aliphatic rings. The summed E-state index contributed by atoms with van der Waals surface area (Å²) in [7, 11) is 0. The van der Waals surface area contributed by atoms with E-state index in [1.54, 1.807) is 0 Å². The van der Waals surface area contributed by atoms with Crippen LogP contribution in [-0.2, 0) is 6.18 Å². The number of urea groups is 1. The zero-order valence-electron chi connectivity index (χ0n) is 11.5. The first-order chi connectivity index (χ1) is 11.1. The van der Waals surface area contributed by atoms with Gasteiger partial charge in [0, 0.05) is 5.69 Å². The fraction of sp³-hybridized carbons (Fsp3) is 0.0714. The molecule has 0 atom stereocenters. The van der Waals surface area contributed by atoms with Crippen LogP contribution in [0.25, 0.3) is 0 Å². The number of rotatable bonds is 2. The van der Waals surface area contributed by atoms with Gasteiger partial charge in [0.1, 0.15) is 0 Å². The molecule has 3 N–H and O–H groups in total. The Morgan fingerprint density at radius 3 is 2.12 bits per heavy atom. The van der Waals surface area contributed by atoms with Crippen LogP contribution in [0.3, 0.4) is 0 Å². The molecule has 0 bridgehead atoms. The molecule has 2 aromatic rings. The average molecular weight is 400 g/mol. The zero-order valence-corrected chi connectivity index (χ0v) is 13.8. The third-order valence-corrected chi connectivity index (χ3v) is 3.72. The van der Waals surface area contributed by atoms with Crippen molar-refractivity contribution in [3.8, 4) is 5.75 Å². The van der Waals surface area contributed by atoms with Crippen LogP contribution in [0, 0.1) is 0 Å². The number of carbonyl (C=O) groups is 1. The Morgan fingerprint density at radius 1 is 1.00 bits per heavy atom. The van der Waals surface area contributed by atoms with Gasteiger partial charge in [0.2, 0.25) is 0 Å². The van der Waals surface area contributed by atoms with Gasteiger partial charge in [-0.1, -0.05) is 40.9 Å². The van der Waals surface area contributed by atoms with Crippen LogP contribution < -0.4 is 10.6 Å². The normalized spacial score (nSPS) is 11.2. The van der Waals surface area contributed by atoms with Crippen molar-refractivity contribution < 1.29 is 23.1 Å². The molecule has 0 heterocycles. The second-order valence-corrected chi connectivity index (χ2v) is 5.75. The van der Waals surface area contributed by atoms with Gasteiger partial charge in [-0.05, 0) is 24.3 Å². The fourth-order valence-corrected chi connectivity index (χ4v) is 2.51. The summed E-state index contributed by atoms with van der Waals surface area (Å²) in [4.78, 5) is 11.9. The number of alkyl halides is 3. The van der Waals surface area contributed by atoms with E-state index in [9.17, 15) is 23.1 Å². The second-order valence-electron chi connectivity index (χ2n) is 4.53. The van der Waals surface area contributed by atoms with Gasteiger partial charge >= 0.3 is 12.2 Å². The Hall–Kier alpha value is -1.83. The lowest BCUT2D eigenvalue weighted by molar-refractivity contribution is -0.136. The van der Waals surface area contributed by atoms with Gasteiger partial charge in [0.05, 0.1) is 26.3 Å². The molecular formula is C14H8Cl3F3N2O2. The van der Waals surface area contributed by atoms with Crippen molar-refractivity contribution in [3.63, 3.8) is 0 Å². The number of carbonyl (C=O) groups excluding carboxylic acids is 1. The van der Waals surface area contributed by atoms with Crippen LogP contribution >= 0.6 is 34.8 Å². The Balaban J connectivity index is 2.25. The van der Waals surface area contributed by atoms with Crippen LogP contribution in [-0.4, -0.2) is 11.1 Å². The minimum absolute atomic E-state index is 0.0703. The molecule has 2 rings (SSSR count). The molecule has 2 aromatic carbocycles. The highest BCUT2D eigenvalue weighted by Gasteiger charge is 2.34. The Kier molecular flexibility index (Phi) is 5.37. The molecule has 0 unspecified atom stereocenters. The van der Waals surface area contributed by atoms with Gasteiger partial charge < -0.3 is 15.7 Å². The summed E-state index contributed by atoms with van der Waals surface area (Å²) < 4.78 is 38.9. The standard InChI is InChI=1S/C14H8Cl3F3N2O2/c15-8-3-1-2-7(14(18,19)20)11(8)22-13(24)21-6-4-9(16)12(23)10(17)5-6/h1-5,23H,(H2,21,22,24). The molecule has 4 nitrogen and oxygen atoms in total. The van der Waals surface area contributed by atoms with Crippen LogP contribution in [0.2, 0.25) is 15.1 Å². The molecular weight excluding hydrogens is 392 g/mol. The van der Waals surface area contributed by atoms with Crippen LogP contribution in [0.1, 0.15) is 5.56 Å². The molecule has 0 aliphatic carbocycles. The highest BCUT2D eigenvalue weighted by atomic mass is 35.5. The molecule has 0 aromatic heterocycles. The van der Waals surface area contributed by atoms with Crippen LogP contribution in [0.15, 0.2) is 30.3 Å². The first kappa shape index (κ1) is 18.5. The van der Waals surface area contributed by atoms with Crippen molar-refractivity contribution in [2.45, 2.75) is 6.18 Å². The van der Waals surface area contributed by atoms with Crippen molar-refractivity contribution in [3.05, 3.63) is 51.0 Å². The summed E-state index contributed by atoms with van der Waals surface area (Å²) in [6, 6.07) is 4.48. The van der Waals surface area contributed by atoms with E-state index in [1.807, 2.05) is 5.32 Å². The van der Waals surface area contributed by atoms with E-state index in [4.69, 9.17) is 34.8 Å². The zero-order chi connectivity index (χ0) is 18.1. The lowest BCUT2D eigenvalue weighted by Gasteiger charge is -2.15. The fourth-order valence-electron chi connectivity index (χ4n) is 1.80. The number of halogens is 6. The van der Waals surface area contributed by atoms with E-state index in [-0.39, 0.29) is 26.5 Å². The van der Waals surface area contributed by atoms with E-state index >= 15 is 0 Å². The molecule has 0 radical (unpaired) electrons. The van der Waals surface area contributed by atoms with Gasteiger partial charge in [-0.3, -0.25) is 0 Å². The molecule has 0 saturated carbocycles. The van der Waals surface area contributed by atoms with Crippen molar-refractivity contribution in [1.29, 1.82) is 0 Å². The summed E-state index contributed by atoms with van der Waals surface area (Å²) in [6.45, 7) is 0. The SMILES string of the molecule is O=C(Nc1cc(Cl)c(O)c(Cl)c1)Nc1c(Cl)cccc1C(F)(F)F.